The van der Waals surface area contributed by atoms with Gasteiger partial charge in [0.25, 0.3) is 0 Å². The second-order valence-electron chi connectivity index (χ2n) is 5.37. The van der Waals surface area contributed by atoms with Crippen LogP contribution in [-0.4, -0.2) is 59.6 Å². The van der Waals surface area contributed by atoms with Gasteiger partial charge in [-0.15, -0.1) is 11.8 Å². The number of carboxylic acids is 1. The second-order valence-corrected chi connectivity index (χ2v) is 7.41. The Bertz CT molecular complexity index is 892. The zero-order valence-electron chi connectivity index (χ0n) is 13.1. The monoisotopic (exact) mass is 385 g/mol. The number of aryl methyl sites for hydroxylation is 1. The fraction of sp³-hybridized carbons (Fsp3) is 0.462. The summed E-state index contributed by atoms with van der Waals surface area (Å²) in [7, 11) is 0. The highest BCUT2D eigenvalue weighted by atomic mass is 32.2. The Morgan fingerprint density at radius 3 is 2.84 bits per heavy atom. The summed E-state index contributed by atoms with van der Waals surface area (Å²) in [6.45, 7) is 2.17. The van der Waals surface area contributed by atoms with Gasteiger partial charge in [0.15, 0.2) is 5.16 Å². The quantitative estimate of drug-likeness (QED) is 0.316. The number of H-pyrrole nitrogens is 1. The van der Waals surface area contributed by atoms with Gasteiger partial charge in [-0.1, -0.05) is 11.8 Å². The number of rotatable bonds is 5. The Kier molecular flexibility index (Phi) is 4.75. The maximum absolute atomic E-state index is 11.9. The van der Waals surface area contributed by atoms with Crippen LogP contribution >= 0.6 is 23.5 Å². The number of nitrogens with zero attached hydrogens (tertiary/aromatic N) is 3. The van der Waals surface area contributed by atoms with E-state index < -0.39 is 29.0 Å². The third-order valence-corrected chi connectivity index (χ3v) is 6.26. The van der Waals surface area contributed by atoms with Gasteiger partial charge in [-0.05, 0) is 12.5 Å². The topological polar surface area (TPSA) is 151 Å². The zero-order chi connectivity index (χ0) is 18.3. The highest BCUT2D eigenvalue weighted by Crippen LogP contribution is 2.40. The van der Waals surface area contributed by atoms with Crippen LogP contribution in [0.2, 0.25) is 0 Å². The van der Waals surface area contributed by atoms with Crippen molar-refractivity contribution < 1.29 is 14.7 Å². The molecule has 134 valence electrons. The van der Waals surface area contributed by atoms with Crippen molar-refractivity contribution in [1.82, 2.24) is 19.7 Å². The van der Waals surface area contributed by atoms with E-state index in [0.29, 0.717) is 17.9 Å². The summed E-state index contributed by atoms with van der Waals surface area (Å²) >= 11 is 2.53. The Labute approximate surface area is 149 Å². The van der Waals surface area contributed by atoms with Gasteiger partial charge in [0, 0.05) is 18.1 Å². The number of aliphatic carboxylic acids is 1. The van der Waals surface area contributed by atoms with Gasteiger partial charge >= 0.3 is 17.1 Å². The van der Waals surface area contributed by atoms with Gasteiger partial charge in [0.1, 0.15) is 17.1 Å². The molecule has 2 aliphatic heterocycles. The zero-order valence-corrected chi connectivity index (χ0v) is 14.7. The molecular weight excluding hydrogens is 370 g/mol. The van der Waals surface area contributed by atoms with E-state index in [9.17, 15) is 24.3 Å². The van der Waals surface area contributed by atoms with Crippen molar-refractivity contribution in [3.05, 3.63) is 32.0 Å². The van der Waals surface area contributed by atoms with Crippen LogP contribution in [0.25, 0.3) is 0 Å². The number of thioether (sulfide) groups is 2. The average Bonchev–Trinajstić information content (AvgIpc) is 2.60. The van der Waals surface area contributed by atoms with Crippen LogP contribution < -0.4 is 16.9 Å². The van der Waals surface area contributed by atoms with Crippen LogP contribution in [0.1, 0.15) is 6.92 Å². The highest BCUT2D eigenvalue weighted by molar-refractivity contribution is 8.01. The molecule has 1 aromatic heterocycles. The van der Waals surface area contributed by atoms with E-state index in [4.69, 9.17) is 5.73 Å². The summed E-state index contributed by atoms with van der Waals surface area (Å²) in [6.07, 6.45) is 0. The molecule has 0 bridgehead atoms. The van der Waals surface area contributed by atoms with Crippen LogP contribution in [-0.2, 0) is 16.1 Å². The highest BCUT2D eigenvalue weighted by Gasteiger charge is 2.51. The first-order valence-electron chi connectivity index (χ1n) is 7.34. The molecule has 1 aromatic rings. The fourth-order valence-corrected chi connectivity index (χ4v) is 5.03. The third-order valence-electron chi connectivity index (χ3n) is 3.84. The fourth-order valence-electron chi connectivity index (χ4n) is 2.58. The molecule has 3 heterocycles. The van der Waals surface area contributed by atoms with E-state index >= 15 is 0 Å². The Morgan fingerprint density at radius 1 is 1.48 bits per heavy atom. The molecule has 10 nitrogen and oxygen atoms in total. The lowest BCUT2D eigenvalue weighted by Crippen LogP contribution is -2.68. The number of nitrogens with one attached hydrogen (secondary N) is 1. The van der Waals surface area contributed by atoms with Crippen LogP contribution in [0.15, 0.2) is 26.0 Å². The number of hydrogen-bond acceptors (Lipinski definition) is 8. The van der Waals surface area contributed by atoms with E-state index in [1.165, 1.54) is 21.3 Å². The number of carboxylic acid groups (broad SMARTS) is 1. The molecular formula is C13H15N5O5S2. The van der Waals surface area contributed by atoms with Gasteiger partial charge in [-0.3, -0.25) is 29.1 Å². The normalized spacial score (nSPS) is 22.6. The van der Waals surface area contributed by atoms with Crippen molar-refractivity contribution in [2.24, 2.45) is 5.73 Å². The molecule has 1 saturated heterocycles. The van der Waals surface area contributed by atoms with Gasteiger partial charge in [-0.25, -0.2) is 4.79 Å². The molecule has 1 amide bonds. The molecule has 2 aliphatic rings. The van der Waals surface area contributed by atoms with Crippen LogP contribution in [0, 0.1) is 0 Å². The standard InChI is InChI=1S/C13H15N5O5S2/c1-2-17-13(15-8(19)9(20)16-17)25-4-5-3-24-11-6(14)10(21)18(11)7(5)12(22)23/h6,11H,2-4,14H2,1H3,(H,16,20)(H,22,23)/t6?,11-/m0/s1. The molecule has 1 unspecified atom stereocenters. The molecule has 0 saturated carbocycles. The van der Waals surface area contributed by atoms with E-state index in [1.54, 1.807) is 6.92 Å². The minimum absolute atomic E-state index is 0.0576. The van der Waals surface area contributed by atoms with E-state index in [2.05, 4.69) is 10.1 Å². The Balaban J connectivity index is 1.88. The Morgan fingerprint density at radius 2 is 2.20 bits per heavy atom. The molecule has 25 heavy (non-hydrogen) atoms. The maximum Gasteiger partial charge on any atom is 0.352 e. The molecule has 2 atom stereocenters. The number of nitrogens with two attached hydrogens (primary N) is 1. The largest absolute Gasteiger partial charge is 0.477 e. The van der Waals surface area contributed by atoms with Crippen molar-refractivity contribution in [1.29, 1.82) is 0 Å². The van der Waals surface area contributed by atoms with E-state index in [0.717, 1.165) is 11.8 Å². The number of amides is 1. The molecule has 4 N–H and O–H groups in total. The first kappa shape index (κ1) is 17.8. The number of aromatic amines is 1. The van der Waals surface area contributed by atoms with Crippen molar-refractivity contribution in [3.63, 3.8) is 0 Å². The molecule has 0 aromatic carbocycles. The summed E-state index contributed by atoms with van der Waals surface area (Å²) in [4.78, 5) is 51.2. The van der Waals surface area contributed by atoms with Crippen LogP contribution in [0.4, 0.5) is 0 Å². The van der Waals surface area contributed by atoms with Gasteiger partial charge in [0.2, 0.25) is 5.91 Å². The Hall–Kier alpha value is -2.05. The third kappa shape index (κ3) is 3.00. The first-order valence-corrected chi connectivity index (χ1v) is 9.38. The maximum atomic E-state index is 11.9. The molecule has 3 rings (SSSR count). The van der Waals surface area contributed by atoms with Gasteiger partial charge in [-0.2, -0.15) is 4.98 Å². The molecule has 0 aliphatic carbocycles. The average molecular weight is 385 g/mol. The number of hydrogen-bond donors (Lipinski definition) is 3. The van der Waals surface area contributed by atoms with Crippen LogP contribution in [0.3, 0.4) is 0 Å². The molecule has 1 fully saturated rings. The van der Waals surface area contributed by atoms with Crippen molar-refractivity contribution in [2.45, 2.75) is 30.0 Å². The summed E-state index contributed by atoms with van der Waals surface area (Å²) in [5.74, 6) is -0.969. The summed E-state index contributed by atoms with van der Waals surface area (Å²) in [5.41, 5.74) is 4.48. The lowest BCUT2D eigenvalue weighted by atomic mass is 10.0. The van der Waals surface area contributed by atoms with Crippen molar-refractivity contribution >= 4 is 35.4 Å². The van der Waals surface area contributed by atoms with Crippen LogP contribution in [0.5, 0.6) is 0 Å². The number of aromatic nitrogens is 3. The summed E-state index contributed by atoms with van der Waals surface area (Å²) in [6, 6.07) is -0.681. The predicted molar refractivity (Wildman–Crippen MR) is 91.2 cm³/mol. The van der Waals surface area contributed by atoms with Crippen molar-refractivity contribution in [3.8, 4) is 0 Å². The molecule has 0 radical (unpaired) electrons. The molecule has 0 spiro atoms. The van der Waals surface area contributed by atoms with Crippen molar-refractivity contribution in [2.75, 3.05) is 11.5 Å². The first-order chi connectivity index (χ1) is 11.8. The van der Waals surface area contributed by atoms with Gasteiger partial charge in [0.05, 0.1) is 0 Å². The summed E-state index contributed by atoms with van der Waals surface area (Å²) < 4.78 is 1.42. The lowest BCUT2D eigenvalue weighted by Gasteiger charge is -2.48. The minimum atomic E-state index is -1.19. The predicted octanol–water partition coefficient (Wildman–Crippen LogP) is -1.38. The van der Waals surface area contributed by atoms with Gasteiger partial charge < -0.3 is 10.8 Å². The summed E-state index contributed by atoms with van der Waals surface area (Å²) in [5, 5.41) is 11.8. The number of β-lactam (4-membered cyclic amide) rings is 1. The number of fused-ring (bicyclic) bond motifs is 1. The smallest absolute Gasteiger partial charge is 0.352 e. The van der Waals surface area contributed by atoms with E-state index in [1.807, 2.05) is 0 Å². The lowest BCUT2D eigenvalue weighted by molar-refractivity contribution is -0.147. The molecule has 12 heteroatoms. The minimum Gasteiger partial charge on any atom is -0.477 e. The number of carbonyl (C=O) groups excluding carboxylic acids is 1. The number of carbonyl (C=O) groups is 2. The SMILES string of the molecule is CCn1[nH]c(=O)c(=O)nc1SCC1=C(C(=O)O)N2C(=O)C(N)[C@@H]2SC1. The van der Waals surface area contributed by atoms with E-state index in [-0.39, 0.29) is 22.0 Å². The second kappa shape index (κ2) is 6.69.